The highest BCUT2D eigenvalue weighted by atomic mass is 16.6. The Bertz CT molecular complexity index is 479. The number of cyclic esters (lactones) is 1. The van der Waals surface area contributed by atoms with Crippen molar-refractivity contribution in [2.45, 2.75) is 26.4 Å². The summed E-state index contributed by atoms with van der Waals surface area (Å²) in [4.78, 5) is 11.6. The van der Waals surface area contributed by atoms with Crippen molar-refractivity contribution in [3.8, 4) is 0 Å². The molecule has 1 aromatic rings. The van der Waals surface area contributed by atoms with Crippen molar-refractivity contribution in [1.29, 1.82) is 0 Å². The van der Waals surface area contributed by atoms with E-state index in [9.17, 15) is 4.79 Å². The van der Waals surface area contributed by atoms with Crippen LogP contribution in [0.1, 0.15) is 25.0 Å². The van der Waals surface area contributed by atoms with E-state index in [1.54, 1.807) is 7.05 Å². The largest absolute Gasteiger partial charge is 0.431 e. The molecule has 0 fully saturated rings. The van der Waals surface area contributed by atoms with E-state index in [0.29, 0.717) is 0 Å². The number of amides is 1. The van der Waals surface area contributed by atoms with Crippen LogP contribution in [0.15, 0.2) is 29.4 Å². The third-order valence-corrected chi connectivity index (χ3v) is 3.15. The summed E-state index contributed by atoms with van der Waals surface area (Å²) < 4.78 is 5.48. The third-order valence-electron chi connectivity index (χ3n) is 3.15. The highest BCUT2D eigenvalue weighted by Gasteiger charge is 2.39. The summed E-state index contributed by atoms with van der Waals surface area (Å²) in [6, 6.07) is 7.93. The number of hydrogen-bond acceptors (Lipinski definition) is 3. The zero-order chi connectivity index (χ0) is 12.6. The second kappa shape index (κ2) is 3.87. The van der Waals surface area contributed by atoms with Gasteiger partial charge in [0.2, 0.25) is 0 Å². The monoisotopic (exact) mass is 232 g/mol. The van der Waals surface area contributed by atoms with Crippen LogP contribution in [0.4, 0.5) is 4.79 Å². The van der Waals surface area contributed by atoms with Crippen LogP contribution in [0.25, 0.3) is 0 Å². The van der Waals surface area contributed by atoms with Gasteiger partial charge >= 0.3 is 6.09 Å². The van der Waals surface area contributed by atoms with Crippen molar-refractivity contribution in [2.75, 3.05) is 7.05 Å². The molecule has 1 aliphatic heterocycles. The van der Waals surface area contributed by atoms with Crippen LogP contribution in [-0.2, 0) is 10.3 Å². The maximum absolute atomic E-state index is 11.6. The summed E-state index contributed by atoms with van der Waals surface area (Å²) in [5.41, 5.74) is 2.11. The molecule has 2 rings (SSSR count). The molecule has 0 saturated heterocycles. The summed E-state index contributed by atoms with van der Waals surface area (Å²) in [5.74, 6) is 0. The van der Waals surface area contributed by atoms with E-state index in [1.807, 2.05) is 45.0 Å². The van der Waals surface area contributed by atoms with Gasteiger partial charge in [0, 0.05) is 12.6 Å². The molecule has 0 bridgehead atoms. The maximum atomic E-state index is 11.6. The Hall–Kier alpha value is -1.84. The van der Waals surface area contributed by atoms with E-state index in [1.165, 1.54) is 10.6 Å². The van der Waals surface area contributed by atoms with Gasteiger partial charge in [-0.2, -0.15) is 5.10 Å². The summed E-state index contributed by atoms with van der Waals surface area (Å²) in [5, 5.41) is 5.40. The molecule has 0 aliphatic carbocycles. The fraction of sp³-hybridized carbons (Fsp3) is 0.385. The molecule has 1 aliphatic rings. The highest BCUT2D eigenvalue weighted by Crippen LogP contribution is 2.31. The van der Waals surface area contributed by atoms with Crippen LogP contribution in [0.3, 0.4) is 0 Å². The van der Waals surface area contributed by atoms with Crippen molar-refractivity contribution in [3.05, 3.63) is 35.4 Å². The average Bonchev–Trinajstić information content (AvgIpc) is 2.27. The van der Waals surface area contributed by atoms with Gasteiger partial charge in [-0.1, -0.05) is 29.8 Å². The van der Waals surface area contributed by atoms with Crippen molar-refractivity contribution in [3.63, 3.8) is 0 Å². The average molecular weight is 232 g/mol. The molecule has 0 radical (unpaired) electrons. The number of nitrogens with zero attached hydrogens (tertiary/aromatic N) is 2. The van der Waals surface area contributed by atoms with E-state index < -0.39 is 11.7 Å². The zero-order valence-corrected chi connectivity index (χ0v) is 10.5. The van der Waals surface area contributed by atoms with E-state index in [4.69, 9.17) is 4.74 Å². The van der Waals surface area contributed by atoms with Crippen molar-refractivity contribution in [1.82, 2.24) is 5.01 Å². The van der Waals surface area contributed by atoms with Gasteiger partial charge in [-0.15, -0.1) is 0 Å². The van der Waals surface area contributed by atoms with Crippen LogP contribution in [0.5, 0.6) is 0 Å². The minimum Gasteiger partial charge on any atom is -0.431 e. The molecule has 4 heteroatoms. The predicted molar refractivity (Wildman–Crippen MR) is 65.9 cm³/mol. The Balaban J connectivity index is 2.46. The quantitative estimate of drug-likeness (QED) is 0.747. The number of aryl methyl sites for hydroxylation is 1. The molecule has 0 N–H and O–H groups in total. The topological polar surface area (TPSA) is 41.9 Å². The standard InChI is InChI=1S/C13H16N2O2/c1-9-5-7-11(8-6-9)13(3)10(2)14-15(4)12(16)17-13/h5-8H,1-4H3. The highest BCUT2D eigenvalue weighted by molar-refractivity contribution is 5.95. The maximum Gasteiger partial charge on any atom is 0.431 e. The second-order valence-electron chi connectivity index (χ2n) is 4.48. The number of benzene rings is 1. The second-order valence-corrected chi connectivity index (χ2v) is 4.48. The number of rotatable bonds is 1. The van der Waals surface area contributed by atoms with E-state index in [2.05, 4.69) is 5.10 Å². The molecule has 1 aromatic carbocycles. The fourth-order valence-electron chi connectivity index (χ4n) is 1.82. The Morgan fingerprint density at radius 2 is 1.82 bits per heavy atom. The number of hydrazone groups is 1. The van der Waals surface area contributed by atoms with Gasteiger partial charge in [0.1, 0.15) is 0 Å². The molecule has 0 spiro atoms. The lowest BCUT2D eigenvalue weighted by Gasteiger charge is -2.35. The number of carbonyl (C=O) groups is 1. The normalized spacial score (nSPS) is 24.4. The molecule has 90 valence electrons. The van der Waals surface area contributed by atoms with Gasteiger partial charge in [-0.05, 0) is 20.8 Å². The van der Waals surface area contributed by atoms with Gasteiger partial charge in [0.15, 0.2) is 5.60 Å². The Morgan fingerprint density at radius 1 is 1.24 bits per heavy atom. The smallest absolute Gasteiger partial charge is 0.431 e. The van der Waals surface area contributed by atoms with Crippen molar-refractivity contribution in [2.24, 2.45) is 5.10 Å². The lowest BCUT2D eigenvalue weighted by molar-refractivity contribution is 0.0319. The summed E-state index contributed by atoms with van der Waals surface area (Å²) in [7, 11) is 1.58. The molecule has 17 heavy (non-hydrogen) atoms. The first-order chi connectivity index (χ1) is 7.93. The molecule has 1 amide bonds. The van der Waals surface area contributed by atoms with Crippen molar-refractivity contribution < 1.29 is 9.53 Å². The first-order valence-corrected chi connectivity index (χ1v) is 5.53. The number of carbonyl (C=O) groups excluding carboxylic acids is 1. The first kappa shape index (κ1) is 11.6. The molecule has 4 nitrogen and oxygen atoms in total. The van der Waals surface area contributed by atoms with Crippen LogP contribution >= 0.6 is 0 Å². The van der Waals surface area contributed by atoms with E-state index in [-0.39, 0.29) is 0 Å². The van der Waals surface area contributed by atoms with Crippen LogP contribution < -0.4 is 0 Å². The summed E-state index contributed by atoms with van der Waals surface area (Å²) in [6.45, 7) is 5.75. The Morgan fingerprint density at radius 3 is 2.41 bits per heavy atom. The van der Waals surface area contributed by atoms with Gasteiger partial charge in [-0.25, -0.2) is 9.80 Å². The summed E-state index contributed by atoms with van der Waals surface area (Å²) >= 11 is 0. The Labute approximate surface area is 101 Å². The molecule has 1 unspecified atom stereocenters. The molecule has 0 saturated carbocycles. The van der Waals surface area contributed by atoms with E-state index >= 15 is 0 Å². The van der Waals surface area contributed by atoms with Crippen molar-refractivity contribution >= 4 is 11.8 Å². The molecule has 1 atom stereocenters. The van der Waals surface area contributed by atoms with Gasteiger partial charge in [0.25, 0.3) is 0 Å². The predicted octanol–water partition coefficient (Wildman–Crippen LogP) is 2.67. The minimum absolute atomic E-state index is 0.432. The molecule has 1 heterocycles. The van der Waals surface area contributed by atoms with Gasteiger partial charge < -0.3 is 4.74 Å². The van der Waals surface area contributed by atoms with Crippen LogP contribution in [-0.4, -0.2) is 23.9 Å². The van der Waals surface area contributed by atoms with Gasteiger partial charge in [-0.3, -0.25) is 0 Å². The first-order valence-electron chi connectivity index (χ1n) is 5.53. The Kier molecular flexibility index (Phi) is 2.65. The number of ether oxygens (including phenoxy) is 1. The third kappa shape index (κ3) is 1.90. The fourth-order valence-corrected chi connectivity index (χ4v) is 1.82. The zero-order valence-electron chi connectivity index (χ0n) is 10.5. The SMILES string of the molecule is CC1=NN(C)C(=O)OC1(C)c1ccc(C)cc1. The lowest BCUT2D eigenvalue weighted by Crippen LogP contribution is -2.45. The van der Waals surface area contributed by atoms with Gasteiger partial charge in [0.05, 0.1) is 5.71 Å². The molecular weight excluding hydrogens is 216 g/mol. The molecule has 0 aromatic heterocycles. The van der Waals surface area contributed by atoms with E-state index in [0.717, 1.165) is 11.3 Å². The summed E-state index contributed by atoms with van der Waals surface area (Å²) in [6.07, 6.45) is -0.432. The minimum atomic E-state index is -0.767. The van der Waals surface area contributed by atoms with Crippen LogP contribution in [0, 0.1) is 6.92 Å². The lowest BCUT2D eigenvalue weighted by atomic mass is 9.90. The molecular formula is C13H16N2O2. The van der Waals surface area contributed by atoms with Crippen LogP contribution in [0.2, 0.25) is 0 Å². The number of hydrogen-bond donors (Lipinski definition) is 0.